The zero-order valence-corrected chi connectivity index (χ0v) is 11.1. The summed E-state index contributed by atoms with van der Waals surface area (Å²) in [5.74, 6) is 0. The van der Waals surface area contributed by atoms with Crippen LogP contribution in [0.25, 0.3) is 10.8 Å². The topological polar surface area (TPSA) is 20.2 Å². The summed E-state index contributed by atoms with van der Waals surface area (Å²) in [5.41, 5.74) is 0.983. The third kappa shape index (κ3) is 2.00. The van der Waals surface area contributed by atoms with Gasteiger partial charge in [-0.1, -0.05) is 60.1 Å². The molecule has 0 amide bonds. The minimum atomic E-state index is -0.184. The highest BCUT2D eigenvalue weighted by molar-refractivity contribution is 9.10. The van der Waals surface area contributed by atoms with Crippen molar-refractivity contribution in [2.45, 2.75) is 19.3 Å². The van der Waals surface area contributed by atoms with Gasteiger partial charge in [0.1, 0.15) is 0 Å². The second kappa shape index (κ2) is 4.19. The van der Waals surface area contributed by atoms with Crippen LogP contribution in [0.15, 0.2) is 40.9 Å². The van der Waals surface area contributed by atoms with Gasteiger partial charge in [0, 0.05) is 9.89 Å². The molecule has 0 aliphatic heterocycles. The predicted molar refractivity (Wildman–Crippen MR) is 71.8 cm³/mol. The van der Waals surface area contributed by atoms with Crippen LogP contribution in [0.1, 0.15) is 19.4 Å². The number of fused-ring (bicyclic) bond motifs is 1. The fourth-order valence-corrected chi connectivity index (χ4v) is 2.27. The molecule has 0 fully saturated rings. The summed E-state index contributed by atoms with van der Waals surface area (Å²) in [7, 11) is 0. The molecule has 0 heterocycles. The van der Waals surface area contributed by atoms with Crippen molar-refractivity contribution in [3.05, 3.63) is 46.4 Å². The van der Waals surface area contributed by atoms with Crippen molar-refractivity contribution in [1.29, 1.82) is 0 Å². The first-order chi connectivity index (χ1) is 7.54. The normalized spacial score (nSPS) is 12.0. The Kier molecular flexibility index (Phi) is 3.04. The minimum Gasteiger partial charge on any atom is -0.395 e. The van der Waals surface area contributed by atoms with E-state index in [0.717, 1.165) is 4.47 Å². The number of rotatable bonds is 2. The van der Waals surface area contributed by atoms with Gasteiger partial charge in [0.15, 0.2) is 0 Å². The van der Waals surface area contributed by atoms with Gasteiger partial charge in [0.25, 0.3) is 0 Å². The van der Waals surface area contributed by atoms with Gasteiger partial charge >= 0.3 is 0 Å². The molecule has 2 rings (SSSR count). The second-order valence-electron chi connectivity index (χ2n) is 4.72. The van der Waals surface area contributed by atoms with Crippen molar-refractivity contribution in [3.63, 3.8) is 0 Å². The van der Waals surface area contributed by atoms with E-state index in [1.165, 1.54) is 16.3 Å². The van der Waals surface area contributed by atoms with Crippen molar-refractivity contribution in [2.24, 2.45) is 0 Å². The molecule has 0 aromatic heterocycles. The van der Waals surface area contributed by atoms with Crippen LogP contribution in [0, 0.1) is 0 Å². The van der Waals surface area contributed by atoms with E-state index in [0.29, 0.717) is 0 Å². The molecule has 0 saturated carbocycles. The number of hydrogen-bond donors (Lipinski definition) is 1. The molecule has 2 aromatic carbocycles. The van der Waals surface area contributed by atoms with Crippen LogP contribution in [-0.2, 0) is 5.41 Å². The van der Waals surface area contributed by atoms with E-state index in [4.69, 9.17) is 0 Å². The van der Waals surface area contributed by atoms with Gasteiger partial charge in [0.2, 0.25) is 0 Å². The van der Waals surface area contributed by atoms with Crippen molar-refractivity contribution in [3.8, 4) is 0 Å². The highest BCUT2D eigenvalue weighted by atomic mass is 79.9. The van der Waals surface area contributed by atoms with Gasteiger partial charge in [-0.2, -0.15) is 0 Å². The van der Waals surface area contributed by atoms with Crippen LogP contribution in [0.2, 0.25) is 0 Å². The summed E-state index contributed by atoms with van der Waals surface area (Å²) in [4.78, 5) is 0. The first-order valence-electron chi connectivity index (χ1n) is 5.34. The molecule has 0 atom stereocenters. The molecular formula is C14H15BrO. The first-order valence-corrected chi connectivity index (χ1v) is 6.13. The lowest BCUT2D eigenvalue weighted by Crippen LogP contribution is -2.21. The summed E-state index contributed by atoms with van der Waals surface area (Å²) >= 11 is 3.54. The molecule has 0 aliphatic carbocycles. The quantitative estimate of drug-likeness (QED) is 0.884. The maximum atomic E-state index is 9.36. The van der Waals surface area contributed by atoms with Crippen LogP contribution >= 0.6 is 15.9 Å². The first kappa shape index (κ1) is 11.6. The minimum absolute atomic E-state index is 0.159. The molecule has 0 aliphatic rings. The number of halogens is 1. The Labute approximate surface area is 104 Å². The molecule has 0 radical (unpaired) electrons. The SMILES string of the molecule is CC(C)(CO)c1ccc2c(Br)cccc2c1. The molecule has 1 nitrogen and oxygen atoms in total. The Hall–Kier alpha value is -0.860. The standard InChI is InChI=1S/C14H15BrO/c1-14(2,9-16)11-6-7-12-10(8-11)4-3-5-13(12)15/h3-8,16H,9H2,1-2H3. The fourth-order valence-electron chi connectivity index (χ4n) is 1.76. The molecule has 16 heavy (non-hydrogen) atoms. The molecule has 2 heteroatoms. The second-order valence-corrected chi connectivity index (χ2v) is 5.57. The third-order valence-electron chi connectivity index (χ3n) is 3.00. The summed E-state index contributed by atoms with van der Waals surface area (Å²) in [6, 6.07) is 12.5. The van der Waals surface area contributed by atoms with E-state index in [1.54, 1.807) is 0 Å². The van der Waals surface area contributed by atoms with Gasteiger partial charge in [-0.15, -0.1) is 0 Å². The zero-order chi connectivity index (χ0) is 11.8. The Morgan fingerprint density at radius 2 is 1.94 bits per heavy atom. The van der Waals surface area contributed by atoms with E-state index in [-0.39, 0.29) is 12.0 Å². The smallest absolute Gasteiger partial charge is 0.0522 e. The van der Waals surface area contributed by atoms with E-state index in [2.05, 4.69) is 40.2 Å². The van der Waals surface area contributed by atoms with Crippen LogP contribution in [0.4, 0.5) is 0 Å². The number of aliphatic hydroxyl groups excluding tert-OH is 1. The number of hydrogen-bond acceptors (Lipinski definition) is 1. The summed E-state index contributed by atoms with van der Waals surface area (Å²) < 4.78 is 1.11. The fraction of sp³-hybridized carbons (Fsp3) is 0.286. The van der Waals surface area contributed by atoms with E-state index in [9.17, 15) is 5.11 Å². The van der Waals surface area contributed by atoms with Crippen molar-refractivity contribution in [2.75, 3.05) is 6.61 Å². The summed E-state index contributed by atoms with van der Waals surface area (Å²) in [6.07, 6.45) is 0. The maximum absolute atomic E-state index is 9.36. The van der Waals surface area contributed by atoms with Gasteiger partial charge in [-0.3, -0.25) is 0 Å². The van der Waals surface area contributed by atoms with Gasteiger partial charge < -0.3 is 5.11 Å². The largest absolute Gasteiger partial charge is 0.395 e. The highest BCUT2D eigenvalue weighted by Gasteiger charge is 2.19. The van der Waals surface area contributed by atoms with Crippen LogP contribution in [0.3, 0.4) is 0 Å². The van der Waals surface area contributed by atoms with Crippen molar-refractivity contribution < 1.29 is 5.11 Å². The van der Waals surface area contributed by atoms with Gasteiger partial charge in [-0.05, 0) is 22.4 Å². The van der Waals surface area contributed by atoms with Crippen LogP contribution < -0.4 is 0 Å². The van der Waals surface area contributed by atoms with Crippen LogP contribution in [-0.4, -0.2) is 11.7 Å². The van der Waals surface area contributed by atoms with Crippen molar-refractivity contribution in [1.82, 2.24) is 0 Å². The van der Waals surface area contributed by atoms with E-state index >= 15 is 0 Å². The van der Waals surface area contributed by atoms with Crippen molar-refractivity contribution >= 4 is 26.7 Å². The van der Waals surface area contributed by atoms with E-state index in [1.807, 2.05) is 26.0 Å². The van der Waals surface area contributed by atoms with Gasteiger partial charge in [-0.25, -0.2) is 0 Å². The molecule has 0 spiro atoms. The Balaban J connectivity index is 2.61. The molecule has 2 aromatic rings. The monoisotopic (exact) mass is 278 g/mol. The van der Waals surface area contributed by atoms with Crippen LogP contribution in [0.5, 0.6) is 0 Å². The lowest BCUT2D eigenvalue weighted by Gasteiger charge is -2.22. The molecule has 0 saturated heterocycles. The summed E-state index contributed by atoms with van der Waals surface area (Å²) in [6.45, 7) is 4.25. The third-order valence-corrected chi connectivity index (χ3v) is 3.70. The molecule has 0 unspecified atom stereocenters. The lowest BCUT2D eigenvalue weighted by molar-refractivity contribution is 0.218. The number of benzene rings is 2. The number of aliphatic hydroxyl groups is 1. The Morgan fingerprint density at radius 3 is 2.62 bits per heavy atom. The lowest BCUT2D eigenvalue weighted by atomic mass is 9.84. The Morgan fingerprint density at radius 1 is 1.19 bits per heavy atom. The predicted octanol–water partition coefficient (Wildman–Crippen LogP) is 3.87. The molecule has 1 N–H and O–H groups in total. The molecular weight excluding hydrogens is 264 g/mol. The van der Waals surface area contributed by atoms with Gasteiger partial charge in [0.05, 0.1) is 6.61 Å². The Bertz CT molecular complexity index is 517. The summed E-state index contributed by atoms with van der Waals surface area (Å²) in [5, 5.41) is 11.8. The van der Waals surface area contributed by atoms with E-state index < -0.39 is 0 Å². The maximum Gasteiger partial charge on any atom is 0.0522 e. The average molecular weight is 279 g/mol. The highest BCUT2D eigenvalue weighted by Crippen LogP contribution is 2.29. The average Bonchev–Trinajstić information content (AvgIpc) is 2.29. The molecule has 84 valence electrons. The molecule has 0 bridgehead atoms. The zero-order valence-electron chi connectivity index (χ0n) is 9.50.